The zero-order chi connectivity index (χ0) is 11.5. The molecule has 1 aromatic carbocycles. The molecule has 84 valence electrons. The molecule has 4 heteroatoms. The Morgan fingerprint density at radius 3 is 2.50 bits per heavy atom. The predicted molar refractivity (Wildman–Crippen MR) is 66.7 cm³/mol. The largest absolute Gasteiger partial charge is 0.394 e. The fourth-order valence-electron chi connectivity index (χ4n) is 1.56. The molecule has 0 saturated heterocycles. The number of aromatic nitrogens is 2. The van der Waals surface area contributed by atoms with Crippen molar-refractivity contribution in [1.29, 1.82) is 0 Å². The number of nitrogen functional groups attached to an aromatic ring is 1. The summed E-state index contributed by atoms with van der Waals surface area (Å²) < 4.78 is 1.69. The number of aryl methyl sites for hydroxylation is 2. The highest BCUT2D eigenvalue weighted by Crippen LogP contribution is 2.20. The molecule has 0 aliphatic heterocycles. The fourth-order valence-corrected chi connectivity index (χ4v) is 1.56. The van der Waals surface area contributed by atoms with Crippen LogP contribution in [0, 0.1) is 0 Å². The molecule has 4 nitrogen and oxygen atoms in total. The molecule has 0 aliphatic carbocycles. The Balaban J connectivity index is 2.17. The van der Waals surface area contributed by atoms with E-state index in [9.17, 15) is 0 Å². The van der Waals surface area contributed by atoms with Crippen molar-refractivity contribution in [3.05, 3.63) is 36.0 Å². The molecule has 1 heterocycles. The van der Waals surface area contributed by atoms with Gasteiger partial charge in [-0.3, -0.25) is 4.68 Å². The van der Waals surface area contributed by atoms with Crippen LogP contribution in [-0.2, 0) is 13.5 Å². The number of nitrogens with two attached hydrogens (primary N) is 1. The molecule has 0 radical (unpaired) electrons. The lowest BCUT2D eigenvalue weighted by atomic mass is 10.1. The Hall–Kier alpha value is -1.97. The quantitative estimate of drug-likeness (QED) is 0.827. The van der Waals surface area contributed by atoms with Crippen LogP contribution in [0.15, 0.2) is 30.5 Å². The zero-order valence-corrected chi connectivity index (χ0v) is 9.57. The van der Waals surface area contributed by atoms with E-state index in [4.69, 9.17) is 5.73 Å². The molecular formula is C12H16N4. The van der Waals surface area contributed by atoms with E-state index in [0.717, 1.165) is 12.1 Å². The van der Waals surface area contributed by atoms with E-state index >= 15 is 0 Å². The maximum Gasteiger partial charge on any atom is 0.175 e. The molecule has 0 bridgehead atoms. The minimum absolute atomic E-state index is 0.655. The maximum atomic E-state index is 5.80. The third-order valence-corrected chi connectivity index (χ3v) is 2.48. The normalized spacial score (nSPS) is 10.4. The Morgan fingerprint density at radius 2 is 2.00 bits per heavy atom. The summed E-state index contributed by atoms with van der Waals surface area (Å²) in [6.07, 6.45) is 2.83. The number of hydrogen-bond donors (Lipinski definition) is 2. The average Bonchev–Trinajstić information content (AvgIpc) is 2.59. The van der Waals surface area contributed by atoms with Crippen LogP contribution in [0.5, 0.6) is 0 Å². The van der Waals surface area contributed by atoms with Crippen molar-refractivity contribution >= 4 is 17.2 Å². The van der Waals surface area contributed by atoms with Gasteiger partial charge in [-0.2, -0.15) is 5.10 Å². The lowest BCUT2D eigenvalue weighted by molar-refractivity contribution is 0.771. The third kappa shape index (κ3) is 2.16. The van der Waals surface area contributed by atoms with Gasteiger partial charge in [0.15, 0.2) is 5.82 Å². The number of anilines is 3. The van der Waals surface area contributed by atoms with E-state index in [1.165, 1.54) is 5.56 Å². The van der Waals surface area contributed by atoms with Gasteiger partial charge in [-0.15, -0.1) is 0 Å². The molecule has 16 heavy (non-hydrogen) atoms. The molecule has 2 rings (SSSR count). The number of nitrogens with zero attached hydrogens (tertiary/aromatic N) is 2. The van der Waals surface area contributed by atoms with Crippen LogP contribution in [0.3, 0.4) is 0 Å². The highest BCUT2D eigenvalue weighted by Gasteiger charge is 2.03. The summed E-state index contributed by atoms with van der Waals surface area (Å²) in [4.78, 5) is 0. The molecule has 2 aromatic rings. The molecule has 0 amide bonds. The molecular weight excluding hydrogens is 200 g/mol. The van der Waals surface area contributed by atoms with Crippen molar-refractivity contribution in [3.63, 3.8) is 0 Å². The molecule has 0 saturated carbocycles. The van der Waals surface area contributed by atoms with Crippen LogP contribution in [0.25, 0.3) is 0 Å². The van der Waals surface area contributed by atoms with E-state index in [1.807, 2.05) is 19.2 Å². The number of hydrogen-bond acceptors (Lipinski definition) is 3. The van der Waals surface area contributed by atoms with Crippen molar-refractivity contribution in [2.75, 3.05) is 11.1 Å². The first kappa shape index (κ1) is 10.5. The standard InChI is InChI=1S/C12H16N4/c1-3-9-4-6-10(7-5-9)14-12-11(13)8-16(2)15-12/h4-8H,3,13H2,1-2H3,(H,14,15). The van der Waals surface area contributed by atoms with Gasteiger partial charge in [0.2, 0.25) is 0 Å². The first-order valence-electron chi connectivity index (χ1n) is 5.34. The molecule has 0 aliphatic rings. The SMILES string of the molecule is CCc1ccc(Nc2nn(C)cc2N)cc1. The van der Waals surface area contributed by atoms with Crippen LogP contribution >= 0.6 is 0 Å². The molecule has 0 unspecified atom stereocenters. The van der Waals surface area contributed by atoms with E-state index in [0.29, 0.717) is 11.5 Å². The Labute approximate surface area is 95.1 Å². The summed E-state index contributed by atoms with van der Waals surface area (Å²) in [5.74, 6) is 0.701. The van der Waals surface area contributed by atoms with Crippen LogP contribution in [-0.4, -0.2) is 9.78 Å². The van der Waals surface area contributed by atoms with Crippen LogP contribution in [0.4, 0.5) is 17.2 Å². The lowest BCUT2D eigenvalue weighted by Gasteiger charge is -2.04. The van der Waals surface area contributed by atoms with Crippen molar-refractivity contribution in [1.82, 2.24) is 9.78 Å². The third-order valence-electron chi connectivity index (χ3n) is 2.48. The van der Waals surface area contributed by atoms with Crippen molar-refractivity contribution in [2.45, 2.75) is 13.3 Å². The van der Waals surface area contributed by atoms with Gasteiger partial charge in [0.25, 0.3) is 0 Å². The second kappa shape index (κ2) is 4.26. The minimum Gasteiger partial charge on any atom is -0.394 e. The topological polar surface area (TPSA) is 55.9 Å². The van der Waals surface area contributed by atoms with Gasteiger partial charge in [-0.25, -0.2) is 0 Å². The van der Waals surface area contributed by atoms with Gasteiger partial charge < -0.3 is 11.1 Å². The lowest BCUT2D eigenvalue weighted by Crippen LogP contribution is -1.95. The molecule has 0 atom stereocenters. The summed E-state index contributed by atoms with van der Waals surface area (Å²) in [7, 11) is 1.85. The molecule has 3 N–H and O–H groups in total. The van der Waals surface area contributed by atoms with E-state index in [2.05, 4.69) is 29.5 Å². The second-order valence-corrected chi connectivity index (χ2v) is 3.78. The van der Waals surface area contributed by atoms with Gasteiger partial charge in [-0.1, -0.05) is 19.1 Å². The second-order valence-electron chi connectivity index (χ2n) is 3.78. The highest BCUT2D eigenvalue weighted by atomic mass is 15.3. The minimum atomic E-state index is 0.655. The highest BCUT2D eigenvalue weighted by molar-refractivity contribution is 5.67. The van der Waals surface area contributed by atoms with Gasteiger partial charge in [-0.05, 0) is 24.1 Å². The Kier molecular flexibility index (Phi) is 2.81. The fraction of sp³-hybridized carbons (Fsp3) is 0.250. The van der Waals surface area contributed by atoms with Crippen molar-refractivity contribution in [3.8, 4) is 0 Å². The molecule has 0 spiro atoms. The summed E-state index contributed by atoms with van der Waals surface area (Å²) in [5, 5.41) is 7.42. The number of nitrogens with one attached hydrogen (secondary N) is 1. The first-order chi connectivity index (χ1) is 7.69. The van der Waals surface area contributed by atoms with Gasteiger partial charge in [0, 0.05) is 18.9 Å². The summed E-state index contributed by atoms with van der Waals surface area (Å²) >= 11 is 0. The Morgan fingerprint density at radius 1 is 1.31 bits per heavy atom. The van der Waals surface area contributed by atoms with E-state index in [-0.39, 0.29) is 0 Å². The molecule has 1 aromatic heterocycles. The molecule has 0 fully saturated rings. The monoisotopic (exact) mass is 216 g/mol. The van der Waals surface area contributed by atoms with Crippen LogP contribution in [0.1, 0.15) is 12.5 Å². The summed E-state index contributed by atoms with van der Waals surface area (Å²) in [6, 6.07) is 8.27. The van der Waals surface area contributed by atoms with Gasteiger partial charge >= 0.3 is 0 Å². The number of benzene rings is 1. The van der Waals surface area contributed by atoms with Crippen molar-refractivity contribution < 1.29 is 0 Å². The zero-order valence-electron chi connectivity index (χ0n) is 9.57. The average molecular weight is 216 g/mol. The van der Waals surface area contributed by atoms with Gasteiger partial charge in [0.1, 0.15) is 0 Å². The summed E-state index contributed by atoms with van der Waals surface area (Å²) in [6.45, 7) is 2.14. The van der Waals surface area contributed by atoms with E-state index in [1.54, 1.807) is 10.9 Å². The summed E-state index contributed by atoms with van der Waals surface area (Å²) in [5.41, 5.74) is 8.78. The van der Waals surface area contributed by atoms with Crippen LogP contribution in [0.2, 0.25) is 0 Å². The number of rotatable bonds is 3. The smallest absolute Gasteiger partial charge is 0.175 e. The Bertz CT molecular complexity index is 470. The first-order valence-corrected chi connectivity index (χ1v) is 5.34. The van der Waals surface area contributed by atoms with Gasteiger partial charge in [0.05, 0.1) is 5.69 Å². The maximum absolute atomic E-state index is 5.80. The van der Waals surface area contributed by atoms with E-state index < -0.39 is 0 Å². The predicted octanol–water partition coefficient (Wildman–Crippen LogP) is 2.31. The van der Waals surface area contributed by atoms with Crippen molar-refractivity contribution in [2.24, 2.45) is 7.05 Å². The van der Waals surface area contributed by atoms with Crippen LogP contribution < -0.4 is 11.1 Å².